The maximum atomic E-state index is 12.4. The maximum Gasteiger partial charge on any atom is 0.252 e. The predicted molar refractivity (Wildman–Crippen MR) is 84.7 cm³/mol. The molecule has 4 rings (SSSR count). The van der Waals surface area contributed by atoms with Crippen molar-refractivity contribution in [3.05, 3.63) is 59.9 Å². The van der Waals surface area contributed by atoms with Gasteiger partial charge in [0.05, 0.1) is 6.04 Å². The summed E-state index contributed by atoms with van der Waals surface area (Å²) in [7, 11) is 0. The van der Waals surface area contributed by atoms with Gasteiger partial charge in [-0.2, -0.15) is 0 Å². The summed E-state index contributed by atoms with van der Waals surface area (Å²) in [6.07, 6.45) is 0. The molecule has 5 nitrogen and oxygen atoms in total. The van der Waals surface area contributed by atoms with Crippen molar-refractivity contribution < 1.29 is 18.7 Å². The first-order valence-corrected chi connectivity index (χ1v) is 7.40. The molecule has 2 aromatic carbocycles. The summed E-state index contributed by atoms with van der Waals surface area (Å²) < 4.78 is 16.3. The summed E-state index contributed by atoms with van der Waals surface area (Å²) in [5, 5.41) is 3.96. The lowest BCUT2D eigenvalue weighted by Gasteiger charge is -2.11. The number of fused-ring (bicyclic) bond motifs is 2. The monoisotopic (exact) mass is 309 g/mol. The van der Waals surface area contributed by atoms with Crippen molar-refractivity contribution in [2.45, 2.75) is 13.0 Å². The number of hydrogen-bond acceptors (Lipinski definition) is 4. The molecule has 2 heterocycles. The van der Waals surface area contributed by atoms with Gasteiger partial charge in [-0.1, -0.05) is 18.2 Å². The normalized spacial score (nSPS) is 14.0. The number of carbonyl (C=O) groups excluding carboxylic acids is 1. The van der Waals surface area contributed by atoms with Crippen LogP contribution in [0.2, 0.25) is 0 Å². The standard InChI is InChI=1S/C18H15NO4/c1-11(16-8-12-4-2-3-5-14(12)23-16)19-18(20)13-6-7-15-17(9-13)22-10-21-15/h2-9,11H,10H2,1H3,(H,19,20)/t11-/m1/s1. The molecule has 0 bridgehead atoms. The molecule has 1 atom stereocenters. The van der Waals surface area contributed by atoms with Crippen molar-refractivity contribution in [2.24, 2.45) is 0 Å². The Kier molecular flexibility index (Phi) is 3.19. The van der Waals surface area contributed by atoms with Crippen LogP contribution < -0.4 is 14.8 Å². The molecule has 0 unspecified atom stereocenters. The van der Waals surface area contributed by atoms with Gasteiger partial charge >= 0.3 is 0 Å². The van der Waals surface area contributed by atoms with Crippen molar-refractivity contribution in [1.29, 1.82) is 0 Å². The van der Waals surface area contributed by atoms with Gasteiger partial charge in [-0.3, -0.25) is 4.79 Å². The maximum absolute atomic E-state index is 12.4. The second kappa shape index (κ2) is 5.35. The highest BCUT2D eigenvalue weighted by molar-refractivity contribution is 5.95. The first-order chi connectivity index (χ1) is 11.2. The highest BCUT2D eigenvalue weighted by atomic mass is 16.7. The minimum Gasteiger partial charge on any atom is -0.459 e. The number of carbonyl (C=O) groups is 1. The first kappa shape index (κ1) is 13.7. The fourth-order valence-electron chi connectivity index (χ4n) is 2.60. The molecule has 0 spiro atoms. The number of para-hydroxylation sites is 1. The quantitative estimate of drug-likeness (QED) is 0.802. The Hall–Kier alpha value is -2.95. The van der Waals surface area contributed by atoms with Crippen LogP contribution in [-0.4, -0.2) is 12.7 Å². The zero-order valence-electron chi connectivity index (χ0n) is 12.5. The molecular weight excluding hydrogens is 294 g/mol. The summed E-state index contributed by atoms with van der Waals surface area (Å²) in [4.78, 5) is 12.4. The van der Waals surface area contributed by atoms with Gasteiger partial charge in [0.1, 0.15) is 11.3 Å². The van der Waals surface area contributed by atoms with E-state index in [0.29, 0.717) is 17.1 Å². The number of benzene rings is 2. The first-order valence-electron chi connectivity index (χ1n) is 7.40. The zero-order chi connectivity index (χ0) is 15.8. The van der Waals surface area contributed by atoms with Gasteiger partial charge in [-0.15, -0.1) is 0 Å². The zero-order valence-corrected chi connectivity index (χ0v) is 12.5. The molecule has 1 aliphatic rings. The minimum absolute atomic E-state index is 0.184. The lowest BCUT2D eigenvalue weighted by Crippen LogP contribution is -2.26. The van der Waals surface area contributed by atoms with Crippen molar-refractivity contribution in [1.82, 2.24) is 5.32 Å². The third-order valence-electron chi connectivity index (χ3n) is 3.85. The van der Waals surface area contributed by atoms with Crippen LogP contribution in [0.4, 0.5) is 0 Å². The van der Waals surface area contributed by atoms with Gasteiger partial charge in [0.15, 0.2) is 11.5 Å². The van der Waals surface area contributed by atoms with Crippen LogP contribution in [0.1, 0.15) is 29.1 Å². The van der Waals surface area contributed by atoms with E-state index < -0.39 is 0 Å². The molecule has 0 radical (unpaired) electrons. The van der Waals surface area contributed by atoms with Crippen molar-refractivity contribution in [2.75, 3.05) is 6.79 Å². The largest absolute Gasteiger partial charge is 0.459 e. The Labute approximate surface area is 132 Å². The Morgan fingerprint density at radius 1 is 1.09 bits per heavy atom. The van der Waals surface area contributed by atoms with Crippen molar-refractivity contribution in [3.8, 4) is 11.5 Å². The van der Waals surface area contributed by atoms with Crippen molar-refractivity contribution in [3.63, 3.8) is 0 Å². The number of hydrogen-bond donors (Lipinski definition) is 1. The second-order valence-electron chi connectivity index (χ2n) is 5.45. The fourth-order valence-corrected chi connectivity index (χ4v) is 2.60. The van der Waals surface area contributed by atoms with Crippen LogP contribution in [0.5, 0.6) is 11.5 Å². The molecule has 23 heavy (non-hydrogen) atoms. The smallest absolute Gasteiger partial charge is 0.252 e. The highest BCUT2D eigenvalue weighted by Crippen LogP contribution is 2.32. The summed E-state index contributed by atoms with van der Waals surface area (Å²) >= 11 is 0. The fraction of sp³-hybridized carbons (Fsp3) is 0.167. The number of furan rings is 1. The SMILES string of the molecule is C[C@@H](NC(=O)c1ccc2c(c1)OCO2)c1cc2ccccc2o1. The van der Waals surface area contributed by atoms with Gasteiger partial charge < -0.3 is 19.2 Å². The molecule has 1 aromatic heterocycles. The highest BCUT2D eigenvalue weighted by Gasteiger charge is 2.19. The molecule has 1 amide bonds. The van der Waals surface area contributed by atoms with E-state index in [2.05, 4.69) is 5.32 Å². The van der Waals surface area contributed by atoms with Crippen LogP contribution in [-0.2, 0) is 0 Å². The predicted octanol–water partition coefficient (Wildman–Crippen LogP) is 3.65. The van der Waals surface area contributed by atoms with Gasteiger partial charge in [-0.25, -0.2) is 0 Å². The van der Waals surface area contributed by atoms with E-state index in [4.69, 9.17) is 13.9 Å². The molecule has 0 saturated heterocycles. The number of rotatable bonds is 3. The van der Waals surface area contributed by atoms with Crippen LogP contribution in [0.15, 0.2) is 52.9 Å². The summed E-state index contributed by atoms with van der Waals surface area (Å²) in [5.74, 6) is 1.79. The summed E-state index contributed by atoms with van der Waals surface area (Å²) in [6.45, 7) is 2.08. The van der Waals surface area contributed by atoms with Gasteiger partial charge in [0.25, 0.3) is 5.91 Å². The molecular formula is C18H15NO4. The molecule has 116 valence electrons. The van der Waals surface area contributed by atoms with Crippen LogP contribution in [0.25, 0.3) is 11.0 Å². The Morgan fingerprint density at radius 2 is 1.91 bits per heavy atom. The second-order valence-corrected chi connectivity index (χ2v) is 5.45. The Morgan fingerprint density at radius 3 is 2.78 bits per heavy atom. The third-order valence-corrected chi connectivity index (χ3v) is 3.85. The lowest BCUT2D eigenvalue weighted by atomic mass is 10.1. The Balaban J connectivity index is 1.53. The van der Waals surface area contributed by atoms with E-state index in [0.717, 1.165) is 16.7 Å². The molecule has 1 aliphatic heterocycles. The molecule has 1 N–H and O–H groups in total. The summed E-state index contributed by atoms with van der Waals surface area (Å²) in [6, 6.07) is 14.6. The van der Waals surface area contributed by atoms with Crippen molar-refractivity contribution >= 4 is 16.9 Å². The average molecular weight is 309 g/mol. The number of amides is 1. The third kappa shape index (κ3) is 2.50. The lowest BCUT2D eigenvalue weighted by molar-refractivity contribution is 0.0935. The van der Waals surface area contributed by atoms with E-state index in [-0.39, 0.29) is 18.7 Å². The molecule has 0 aliphatic carbocycles. The molecule has 0 fully saturated rings. The Bertz CT molecular complexity index is 851. The number of nitrogens with one attached hydrogen (secondary N) is 1. The average Bonchev–Trinajstić information content (AvgIpc) is 3.20. The van der Waals surface area contributed by atoms with E-state index in [1.165, 1.54) is 0 Å². The topological polar surface area (TPSA) is 60.7 Å². The van der Waals surface area contributed by atoms with Crippen LogP contribution in [0, 0.1) is 0 Å². The van der Waals surface area contributed by atoms with Gasteiger partial charge in [0, 0.05) is 10.9 Å². The van der Waals surface area contributed by atoms with Gasteiger partial charge in [-0.05, 0) is 37.3 Å². The van der Waals surface area contributed by atoms with E-state index in [9.17, 15) is 4.79 Å². The molecule has 0 saturated carbocycles. The molecule has 3 aromatic rings. The van der Waals surface area contributed by atoms with E-state index in [1.54, 1.807) is 18.2 Å². The summed E-state index contributed by atoms with van der Waals surface area (Å²) in [5.41, 5.74) is 1.34. The van der Waals surface area contributed by atoms with Gasteiger partial charge in [0.2, 0.25) is 6.79 Å². The van der Waals surface area contributed by atoms with Crippen LogP contribution >= 0.6 is 0 Å². The molecule has 5 heteroatoms. The van der Waals surface area contributed by atoms with E-state index in [1.807, 2.05) is 37.3 Å². The minimum atomic E-state index is -0.236. The van der Waals surface area contributed by atoms with Crippen LogP contribution in [0.3, 0.4) is 0 Å². The number of ether oxygens (including phenoxy) is 2. The van der Waals surface area contributed by atoms with E-state index >= 15 is 0 Å².